The smallest absolute Gasteiger partial charge is 0.338 e. The van der Waals surface area contributed by atoms with Crippen molar-refractivity contribution in [1.82, 2.24) is 5.16 Å². The van der Waals surface area contributed by atoms with Crippen molar-refractivity contribution in [3.8, 4) is 0 Å². The Balaban J connectivity index is 2.30. The molecule has 0 saturated carbocycles. The van der Waals surface area contributed by atoms with Crippen molar-refractivity contribution < 1.29 is 14.4 Å². The first-order valence-electron chi connectivity index (χ1n) is 4.29. The fourth-order valence-corrected chi connectivity index (χ4v) is 2.13. The van der Waals surface area contributed by atoms with Crippen LogP contribution in [0.3, 0.4) is 0 Å². The van der Waals surface area contributed by atoms with Crippen molar-refractivity contribution in [2.24, 2.45) is 0 Å². The molecule has 0 aliphatic carbocycles. The minimum Gasteiger partial charge on any atom is -0.478 e. The highest BCUT2D eigenvalue weighted by molar-refractivity contribution is 9.10. The summed E-state index contributed by atoms with van der Waals surface area (Å²) in [4.78, 5) is 10.9. The van der Waals surface area contributed by atoms with E-state index in [0.717, 1.165) is 0 Å². The maximum atomic E-state index is 10.9. The minimum absolute atomic E-state index is 0.214. The molecule has 16 heavy (non-hydrogen) atoms. The molecule has 5 nitrogen and oxygen atoms in total. The van der Waals surface area contributed by atoms with Crippen LogP contribution in [-0.4, -0.2) is 16.2 Å². The first-order valence-corrected chi connectivity index (χ1v) is 5.96. The third-order valence-corrected chi connectivity index (χ3v) is 3.68. The fraction of sp³-hybridized carbons (Fsp3) is 0.111. The number of anilines is 2. The number of carbonyl (C=O) groups is 1. The summed E-state index contributed by atoms with van der Waals surface area (Å²) < 4.78 is 5.70. The molecule has 7 heteroatoms. The maximum absolute atomic E-state index is 10.9. The van der Waals surface area contributed by atoms with Crippen LogP contribution in [0.4, 0.5) is 10.9 Å². The summed E-state index contributed by atoms with van der Waals surface area (Å²) in [6, 6.07) is 1.53. The molecule has 0 aliphatic rings. The Morgan fingerprint density at radius 3 is 3.00 bits per heavy atom. The number of aryl methyl sites for hydroxylation is 1. The van der Waals surface area contributed by atoms with E-state index >= 15 is 0 Å². The SMILES string of the molecule is Cc1noc(Nc2sccc2C(=O)O)c1Br. The van der Waals surface area contributed by atoms with Gasteiger partial charge in [0.1, 0.15) is 9.47 Å². The lowest BCUT2D eigenvalue weighted by Crippen LogP contribution is -1.98. The zero-order chi connectivity index (χ0) is 11.7. The molecule has 0 aromatic carbocycles. The van der Waals surface area contributed by atoms with Crippen molar-refractivity contribution in [3.63, 3.8) is 0 Å². The van der Waals surface area contributed by atoms with Gasteiger partial charge in [0.05, 0.1) is 11.3 Å². The Hall–Kier alpha value is -1.34. The topological polar surface area (TPSA) is 75.4 Å². The van der Waals surface area contributed by atoms with Crippen LogP contribution in [0.5, 0.6) is 0 Å². The summed E-state index contributed by atoms with van der Waals surface area (Å²) >= 11 is 4.59. The molecular weight excluding hydrogens is 296 g/mol. The Kier molecular flexibility index (Phi) is 2.97. The van der Waals surface area contributed by atoms with Crippen LogP contribution < -0.4 is 5.32 Å². The number of halogens is 1. The first-order chi connectivity index (χ1) is 7.59. The van der Waals surface area contributed by atoms with E-state index in [2.05, 4.69) is 26.4 Å². The second-order valence-electron chi connectivity index (χ2n) is 3.00. The lowest BCUT2D eigenvalue weighted by Gasteiger charge is -2.00. The van der Waals surface area contributed by atoms with Crippen LogP contribution in [0.15, 0.2) is 20.4 Å². The predicted molar refractivity (Wildman–Crippen MR) is 63.5 cm³/mol. The van der Waals surface area contributed by atoms with Crippen LogP contribution in [0, 0.1) is 6.92 Å². The Bertz CT molecular complexity index is 535. The molecule has 0 bridgehead atoms. The molecular formula is C9H7BrN2O3S. The number of aromatic carboxylic acids is 1. The minimum atomic E-state index is -0.976. The van der Waals surface area contributed by atoms with Crippen LogP contribution in [0.25, 0.3) is 0 Å². The summed E-state index contributed by atoms with van der Waals surface area (Å²) in [7, 11) is 0. The van der Waals surface area contributed by atoms with Gasteiger partial charge in [0.25, 0.3) is 0 Å². The van der Waals surface area contributed by atoms with Gasteiger partial charge in [-0.3, -0.25) is 0 Å². The van der Waals surface area contributed by atoms with Gasteiger partial charge in [0.15, 0.2) is 0 Å². The Morgan fingerprint density at radius 1 is 1.69 bits per heavy atom. The van der Waals surface area contributed by atoms with Crippen LogP contribution in [-0.2, 0) is 0 Å². The van der Waals surface area contributed by atoms with Crippen molar-refractivity contribution in [2.45, 2.75) is 6.92 Å². The molecule has 0 spiro atoms. The zero-order valence-electron chi connectivity index (χ0n) is 8.15. The van der Waals surface area contributed by atoms with Gasteiger partial charge >= 0.3 is 5.97 Å². The number of hydrogen-bond donors (Lipinski definition) is 2. The molecule has 0 radical (unpaired) electrons. The van der Waals surface area contributed by atoms with Crippen molar-refractivity contribution in [2.75, 3.05) is 5.32 Å². The number of aromatic nitrogens is 1. The summed E-state index contributed by atoms with van der Waals surface area (Å²) in [5.41, 5.74) is 0.918. The fourth-order valence-electron chi connectivity index (χ4n) is 1.11. The second kappa shape index (κ2) is 4.26. The highest BCUT2D eigenvalue weighted by atomic mass is 79.9. The molecule has 0 saturated heterocycles. The monoisotopic (exact) mass is 302 g/mol. The average Bonchev–Trinajstić information content (AvgIpc) is 2.80. The predicted octanol–water partition coefficient (Wildman–Crippen LogP) is 3.25. The van der Waals surface area contributed by atoms with Gasteiger partial charge in [0, 0.05) is 0 Å². The van der Waals surface area contributed by atoms with Crippen molar-refractivity contribution in [1.29, 1.82) is 0 Å². The quantitative estimate of drug-likeness (QED) is 0.910. The van der Waals surface area contributed by atoms with E-state index in [1.807, 2.05) is 0 Å². The molecule has 84 valence electrons. The summed E-state index contributed by atoms with van der Waals surface area (Å²) in [5.74, 6) is -0.571. The molecule has 2 aromatic heterocycles. The molecule has 0 unspecified atom stereocenters. The van der Waals surface area contributed by atoms with Gasteiger partial charge in [-0.05, 0) is 34.3 Å². The Labute approximate surface area is 103 Å². The number of nitrogens with one attached hydrogen (secondary N) is 1. The van der Waals surface area contributed by atoms with Gasteiger partial charge in [-0.15, -0.1) is 11.3 Å². The molecule has 2 N–H and O–H groups in total. The summed E-state index contributed by atoms with van der Waals surface area (Å²) in [5, 5.41) is 17.8. The van der Waals surface area contributed by atoms with Gasteiger partial charge < -0.3 is 14.9 Å². The lowest BCUT2D eigenvalue weighted by molar-refractivity contribution is 0.0698. The summed E-state index contributed by atoms with van der Waals surface area (Å²) in [6.07, 6.45) is 0. The summed E-state index contributed by atoms with van der Waals surface area (Å²) in [6.45, 7) is 1.78. The lowest BCUT2D eigenvalue weighted by atomic mass is 10.3. The van der Waals surface area contributed by atoms with E-state index in [9.17, 15) is 4.79 Å². The molecule has 0 amide bonds. The van der Waals surface area contributed by atoms with E-state index in [4.69, 9.17) is 9.63 Å². The van der Waals surface area contributed by atoms with Crippen LogP contribution >= 0.6 is 27.3 Å². The number of nitrogens with zero attached hydrogens (tertiary/aromatic N) is 1. The number of rotatable bonds is 3. The number of hydrogen-bond acceptors (Lipinski definition) is 5. The number of thiophene rings is 1. The van der Waals surface area contributed by atoms with Gasteiger partial charge in [0.2, 0.25) is 5.88 Å². The van der Waals surface area contributed by atoms with E-state index in [-0.39, 0.29) is 5.56 Å². The maximum Gasteiger partial charge on any atom is 0.338 e. The first kappa shape index (κ1) is 11.2. The second-order valence-corrected chi connectivity index (χ2v) is 4.71. The number of carboxylic acid groups (broad SMARTS) is 1. The van der Waals surface area contributed by atoms with E-state index < -0.39 is 5.97 Å². The van der Waals surface area contributed by atoms with Crippen molar-refractivity contribution in [3.05, 3.63) is 27.2 Å². The van der Waals surface area contributed by atoms with Gasteiger partial charge in [-0.25, -0.2) is 4.79 Å². The Morgan fingerprint density at radius 2 is 2.44 bits per heavy atom. The third-order valence-electron chi connectivity index (χ3n) is 1.91. The molecule has 0 aliphatic heterocycles. The highest BCUT2D eigenvalue weighted by Crippen LogP contribution is 2.32. The molecule has 0 fully saturated rings. The van der Waals surface area contributed by atoms with Gasteiger partial charge in [-0.2, -0.15) is 0 Å². The van der Waals surface area contributed by atoms with Crippen LogP contribution in [0.1, 0.15) is 16.1 Å². The third kappa shape index (κ3) is 1.96. The van der Waals surface area contributed by atoms with E-state index in [0.29, 0.717) is 21.1 Å². The molecule has 2 aromatic rings. The van der Waals surface area contributed by atoms with Crippen molar-refractivity contribution >= 4 is 44.1 Å². The van der Waals surface area contributed by atoms with Gasteiger partial charge in [-0.1, -0.05) is 5.16 Å². The highest BCUT2D eigenvalue weighted by Gasteiger charge is 2.15. The standard InChI is InChI=1S/C9H7BrN2O3S/c1-4-6(10)7(15-12-4)11-8-5(9(13)14)2-3-16-8/h2-3,11H,1H3,(H,13,14). The normalized spacial score (nSPS) is 10.4. The average molecular weight is 303 g/mol. The zero-order valence-corrected chi connectivity index (χ0v) is 10.6. The van der Waals surface area contributed by atoms with E-state index in [1.165, 1.54) is 17.4 Å². The number of carboxylic acids is 1. The van der Waals surface area contributed by atoms with Crippen LogP contribution in [0.2, 0.25) is 0 Å². The molecule has 2 rings (SSSR count). The van der Waals surface area contributed by atoms with E-state index in [1.54, 1.807) is 12.3 Å². The largest absolute Gasteiger partial charge is 0.478 e. The molecule has 2 heterocycles. The molecule has 0 atom stereocenters.